The van der Waals surface area contributed by atoms with Crippen LogP contribution < -0.4 is 10.6 Å². The average molecular weight is 332 g/mol. The monoisotopic (exact) mass is 332 g/mol. The van der Waals surface area contributed by atoms with Crippen molar-refractivity contribution >= 4 is 23.2 Å². The van der Waals surface area contributed by atoms with Crippen molar-refractivity contribution in [2.75, 3.05) is 10.6 Å². The Hall–Kier alpha value is -3.21. The molecule has 1 amide bonds. The minimum absolute atomic E-state index is 0.230. The third kappa shape index (κ3) is 4.01. The molecule has 126 valence electrons. The maximum absolute atomic E-state index is 12.3. The number of carbonyl (C=O) groups is 1. The van der Waals surface area contributed by atoms with Gasteiger partial charge in [0.05, 0.1) is 5.56 Å². The molecule has 0 bridgehead atoms. The number of aromatic nitrogens is 2. The van der Waals surface area contributed by atoms with Gasteiger partial charge in [0.2, 0.25) is 5.95 Å². The van der Waals surface area contributed by atoms with Crippen LogP contribution in [0.1, 0.15) is 27.0 Å². The van der Waals surface area contributed by atoms with Crippen LogP contribution in [0.3, 0.4) is 0 Å². The van der Waals surface area contributed by atoms with Gasteiger partial charge in [0, 0.05) is 23.8 Å². The first-order chi connectivity index (χ1) is 12.0. The number of nitrogens with one attached hydrogen (secondary N) is 2. The summed E-state index contributed by atoms with van der Waals surface area (Å²) in [6.07, 6.45) is 3.04. The summed E-state index contributed by atoms with van der Waals surface area (Å²) < 4.78 is 0. The van der Waals surface area contributed by atoms with Gasteiger partial charge in [0.25, 0.3) is 5.91 Å². The second-order valence-electron chi connectivity index (χ2n) is 5.99. The maximum atomic E-state index is 12.3. The minimum atomic E-state index is -0.230. The summed E-state index contributed by atoms with van der Waals surface area (Å²) >= 11 is 0. The van der Waals surface area contributed by atoms with Crippen LogP contribution in [0, 0.1) is 20.8 Å². The summed E-state index contributed by atoms with van der Waals surface area (Å²) in [5.74, 6) is 0.225. The molecule has 3 rings (SSSR count). The third-order valence-electron chi connectivity index (χ3n) is 4.07. The van der Waals surface area contributed by atoms with Crippen LogP contribution in [0.25, 0.3) is 0 Å². The summed E-state index contributed by atoms with van der Waals surface area (Å²) in [5, 5.41) is 6.01. The van der Waals surface area contributed by atoms with Crippen molar-refractivity contribution in [1.82, 2.24) is 9.97 Å². The summed E-state index contributed by atoms with van der Waals surface area (Å²) in [6, 6.07) is 13.7. The Balaban J connectivity index is 1.70. The number of rotatable bonds is 4. The fraction of sp³-hybridized carbons (Fsp3) is 0.150. The highest BCUT2D eigenvalue weighted by molar-refractivity contribution is 6.04. The highest BCUT2D eigenvalue weighted by Gasteiger charge is 2.09. The molecule has 0 atom stereocenters. The molecule has 1 aromatic heterocycles. The van der Waals surface area contributed by atoms with Gasteiger partial charge >= 0.3 is 0 Å². The van der Waals surface area contributed by atoms with Gasteiger partial charge in [-0.15, -0.1) is 0 Å². The fourth-order valence-corrected chi connectivity index (χ4v) is 2.37. The topological polar surface area (TPSA) is 66.9 Å². The van der Waals surface area contributed by atoms with E-state index in [0.29, 0.717) is 11.5 Å². The Bertz CT molecular complexity index is 904. The predicted molar refractivity (Wildman–Crippen MR) is 100 cm³/mol. The van der Waals surface area contributed by atoms with E-state index in [-0.39, 0.29) is 5.91 Å². The van der Waals surface area contributed by atoms with Crippen molar-refractivity contribution in [1.29, 1.82) is 0 Å². The molecule has 0 saturated heterocycles. The first-order valence-corrected chi connectivity index (χ1v) is 8.06. The molecule has 1 heterocycles. The number of amides is 1. The average Bonchev–Trinajstić information content (AvgIpc) is 2.61. The van der Waals surface area contributed by atoms with E-state index in [1.807, 2.05) is 49.4 Å². The molecule has 0 unspecified atom stereocenters. The number of carbonyl (C=O) groups excluding carboxylic acids is 1. The summed E-state index contributed by atoms with van der Waals surface area (Å²) in [5.41, 5.74) is 5.54. The second-order valence-corrected chi connectivity index (χ2v) is 5.99. The molecule has 0 radical (unpaired) electrons. The number of hydrogen-bond donors (Lipinski definition) is 2. The molecular weight excluding hydrogens is 312 g/mol. The van der Waals surface area contributed by atoms with Gasteiger partial charge in [0.1, 0.15) is 0 Å². The van der Waals surface area contributed by atoms with E-state index in [4.69, 9.17) is 0 Å². The molecule has 2 aromatic carbocycles. The Labute approximate surface area is 147 Å². The molecule has 25 heavy (non-hydrogen) atoms. The zero-order valence-corrected chi connectivity index (χ0v) is 14.5. The zero-order chi connectivity index (χ0) is 17.8. The Morgan fingerprint density at radius 2 is 1.60 bits per heavy atom. The lowest BCUT2D eigenvalue weighted by molar-refractivity contribution is 0.102. The summed E-state index contributed by atoms with van der Waals surface area (Å²) in [7, 11) is 0. The molecule has 2 N–H and O–H groups in total. The van der Waals surface area contributed by atoms with Crippen molar-refractivity contribution in [2.24, 2.45) is 0 Å². The highest BCUT2D eigenvalue weighted by Crippen LogP contribution is 2.18. The molecule has 5 nitrogen and oxygen atoms in total. The highest BCUT2D eigenvalue weighted by atomic mass is 16.1. The van der Waals surface area contributed by atoms with Crippen molar-refractivity contribution in [3.63, 3.8) is 0 Å². The van der Waals surface area contributed by atoms with E-state index in [1.54, 1.807) is 0 Å². The van der Waals surface area contributed by atoms with Crippen LogP contribution in [0.5, 0.6) is 0 Å². The van der Waals surface area contributed by atoms with E-state index in [0.717, 1.165) is 16.9 Å². The Kier molecular flexibility index (Phi) is 4.75. The molecular formula is C20H20N4O. The number of nitrogens with zero attached hydrogens (tertiary/aromatic N) is 2. The summed E-state index contributed by atoms with van der Waals surface area (Å²) in [6.45, 7) is 6.07. The van der Waals surface area contributed by atoms with Gasteiger partial charge < -0.3 is 10.6 Å². The standard InChI is InChI=1S/C20H20N4O/c1-13-8-9-17(10-15(13)3)23-20-21-11-16(12-22-20)19(25)24-18-7-5-4-6-14(18)2/h4-12H,1-3H3,(H,24,25)(H,21,22,23). The summed E-state index contributed by atoms with van der Waals surface area (Å²) in [4.78, 5) is 20.8. The molecule has 0 fully saturated rings. The van der Waals surface area contributed by atoms with E-state index in [1.165, 1.54) is 23.5 Å². The lowest BCUT2D eigenvalue weighted by atomic mass is 10.1. The second kappa shape index (κ2) is 7.13. The zero-order valence-electron chi connectivity index (χ0n) is 14.5. The van der Waals surface area contributed by atoms with Crippen LogP contribution in [0.2, 0.25) is 0 Å². The lowest BCUT2D eigenvalue weighted by Gasteiger charge is -2.09. The first-order valence-electron chi connectivity index (χ1n) is 8.06. The lowest BCUT2D eigenvalue weighted by Crippen LogP contribution is -2.13. The van der Waals surface area contributed by atoms with Crippen LogP contribution in [0.15, 0.2) is 54.9 Å². The third-order valence-corrected chi connectivity index (χ3v) is 4.07. The van der Waals surface area contributed by atoms with Gasteiger partial charge in [0.15, 0.2) is 0 Å². The minimum Gasteiger partial charge on any atom is -0.324 e. The maximum Gasteiger partial charge on any atom is 0.258 e. The molecule has 0 spiro atoms. The Morgan fingerprint density at radius 1 is 0.880 bits per heavy atom. The molecule has 3 aromatic rings. The van der Waals surface area contributed by atoms with Crippen LogP contribution in [-0.2, 0) is 0 Å². The van der Waals surface area contributed by atoms with E-state index >= 15 is 0 Å². The SMILES string of the molecule is Cc1ccc(Nc2ncc(C(=O)Nc3ccccc3C)cn2)cc1C. The van der Waals surface area contributed by atoms with E-state index in [9.17, 15) is 4.79 Å². The van der Waals surface area contributed by atoms with Crippen molar-refractivity contribution in [2.45, 2.75) is 20.8 Å². The first kappa shape index (κ1) is 16.6. The van der Waals surface area contributed by atoms with Gasteiger partial charge in [-0.05, 0) is 55.7 Å². The van der Waals surface area contributed by atoms with Crippen molar-refractivity contribution in [3.05, 3.63) is 77.1 Å². The number of para-hydroxylation sites is 1. The molecule has 5 heteroatoms. The number of benzene rings is 2. The molecule has 0 aliphatic rings. The smallest absolute Gasteiger partial charge is 0.258 e. The van der Waals surface area contributed by atoms with Gasteiger partial charge in [-0.3, -0.25) is 4.79 Å². The van der Waals surface area contributed by atoms with Crippen LogP contribution in [-0.4, -0.2) is 15.9 Å². The number of hydrogen-bond acceptors (Lipinski definition) is 4. The van der Waals surface area contributed by atoms with Crippen LogP contribution in [0.4, 0.5) is 17.3 Å². The number of anilines is 3. The normalized spacial score (nSPS) is 10.4. The molecule has 0 aliphatic carbocycles. The van der Waals surface area contributed by atoms with E-state index in [2.05, 4.69) is 34.4 Å². The Morgan fingerprint density at radius 3 is 2.28 bits per heavy atom. The molecule has 0 aliphatic heterocycles. The molecule has 0 saturated carbocycles. The number of aryl methyl sites for hydroxylation is 3. The van der Waals surface area contributed by atoms with Gasteiger partial charge in [-0.1, -0.05) is 24.3 Å². The van der Waals surface area contributed by atoms with Gasteiger partial charge in [-0.2, -0.15) is 0 Å². The van der Waals surface area contributed by atoms with Gasteiger partial charge in [-0.25, -0.2) is 9.97 Å². The largest absolute Gasteiger partial charge is 0.324 e. The van der Waals surface area contributed by atoms with Crippen LogP contribution >= 0.6 is 0 Å². The van der Waals surface area contributed by atoms with Crippen molar-refractivity contribution < 1.29 is 4.79 Å². The predicted octanol–water partition coefficient (Wildman–Crippen LogP) is 4.40. The fourth-order valence-electron chi connectivity index (χ4n) is 2.37. The van der Waals surface area contributed by atoms with Crippen molar-refractivity contribution in [3.8, 4) is 0 Å². The van der Waals surface area contributed by atoms with E-state index < -0.39 is 0 Å². The quantitative estimate of drug-likeness (QED) is 0.743.